The molecule has 1 aromatic rings. The molecule has 0 unspecified atom stereocenters. The van der Waals surface area contributed by atoms with Crippen LogP contribution in [0.2, 0.25) is 0 Å². The molecule has 19 heavy (non-hydrogen) atoms. The highest BCUT2D eigenvalue weighted by Gasteiger charge is 2.16. The number of morpholine rings is 1. The van der Waals surface area contributed by atoms with Gasteiger partial charge in [0.2, 0.25) is 5.91 Å². The molecule has 104 valence electrons. The van der Waals surface area contributed by atoms with Crippen LogP contribution in [-0.2, 0) is 9.53 Å². The SMILES string of the molecule is O=C(CCNc1ncc(Br)cc1F)N1CCOCC1. The first-order chi connectivity index (χ1) is 9.16. The van der Waals surface area contributed by atoms with Gasteiger partial charge >= 0.3 is 0 Å². The average molecular weight is 332 g/mol. The predicted molar refractivity (Wildman–Crippen MR) is 72.4 cm³/mol. The summed E-state index contributed by atoms with van der Waals surface area (Å²) in [6, 6.07) is 1.33. The lowest BCUT2D eigenvalue weighted by Gasteiger charge is -2.26. The first kappa shape index (κ1) is 14.2. The van der Waals surface area contributed by atoms with Crippen molar-refractivity contribution in [3.05, 3.63) is 22.6 Å². The lowest BCUT2D eigenvalue weighted by Crippen LogP contribution is -2.41. The summed E-state index contributed by atoms with van der Waals surface area (Å²) >= 11 is 3.14. The molecule has 0 spiro atoms. The maximum atomic E-state index is 13.5. The number of aromatic nitrogens is 1. The Bertz CT molecular complexity index is 453. The molecule has 1 N–H and O–H groups in total. The minimum absolute atomic E-state index is 0.0494. The summed E-state index contributed by atoms with van der Waals surface area (Å²) in [5.41, 5.74) is 0. The summed E-state index contributed by atoms with van der Waals surface area (Å²) in [6.07, 6.45) is 1.83. The van der Waals surface area contributed by atoms with Gasteiger partial charge in [-0.05, 0) is 22.0 Å². The van der Waals surface area contributed by atoms with Crippen molar-refractivity contribution in [1.29, 1.82) is 0 Å². The molecule has 1 aromatic heterocycles. The number of ether oxygens (including phenoxy) is 1. The molecular weight excluding hydrogens is 317 g/mol. The minimum Gasteiger partial charge on any atom is -0.378 e. The van der Waals surface area contributed by atoms with E-state index < -0.39 is 5.82 Å². The zero-order valence-electron chi connectivity index (χ0n) is 10.4. The van der Waals surface area contributed by atoms with Gasteiger partial charge in [0.05, 0.1) is 13.2 Å². The van der Waals surface area contributed by atoms with Crippen molar-refractivity contribution < 1.29 is 13.9 Å². The predicted octanol–water partition coefficient (Wildman–Crippen LogP) is 1.64. The fourth-order valence-electron chi connectivity index (χ4n) is 1.80. The van der Waals surface area contributed by atoms with Crippen molar-refractivity contribution in [2.24, 2.45) is 0 Å². The Kier molecular flexibility index (Phi) is 5.09. The van der Waals surface area contributed by atoms with Crippen LogP contribution in [0, 0.1) is 5.82 Å². The van der Waals surface area contributed by atoms with Crippen LogP contribution >= 0.6 is 15.9 Å². The molecule has 1 fully saturated rings. The molecule has 1 saturated heterocycles. The summed E-state index contributed by atoms with van der Waals surface area (Å²) in [4.78, 5) is 17.5. The maximum absolute atomic E-state index is 13.5. The highest BCUT2D eigenvalue weighted by molar-refractivity contribution is 9.10. The van der Waals surface area contributed by atoms with E-state index in [9.17, 15) is 9.18 Å². The van der Waals surface area contributed by atoms with Crippen molar-refractivity contribution in [3.63, 3.8) is 0 Å². The molecule has 0 aromatic carbocycles. The molecule has 2 rings (SSSR count). The number of anilines is 1. The molecule has 5 nitrogen and oxygen atoms in total. The number of amides is 1. The van der Waals surface area contributed by atoms with Gasteiger partial charge in [0.25, 0.3) is 0 Å². The van der Waals surface area contributed by atoms with Gasteiger partial charge in [0, 0.05) is 36.7 Å². The lowest BCUT2D eigenvalue weighted by molar-refractivity contribution is -0.134. The van der Waals surface area contributed by atoms with Crippen molar-refractivity contribution in [1.82, 2.24) is 9.88 Å². The molecule has 1 aliphatic heterocycles. The highest BCUT2D eigenvalue weighted by Crippen LogP contribution is 2.15. The smallest absolute Gasteiger partial charge is 0.224 e. The Morgan fingerprint density at radius 2 is 2.26 bits per heavy atom. The summed E-state index contributed by atoms with van der Waals surface area (Å²) in [5, 5.41) is 2.82. The van der Waals surface area contributed by atoms with Gasteiger partial charge in [-0.25, -0.2) is 9.37 Å². The Morgan fingerprint density at radius 1 is 1.53 bits per heavy atom. The van der Waals surface area contributed by atoms with Crippen molar-refractivity contribution in [3.8, 4) is 0 Å². The van der Waals surface area contributed by atoms with Gasteiger partial charge in [0.15, 0.2) is 11.6 Å². The van der Waals surface area contributed by atoms with Crippen LogP contribution in [-0.4, -0.2) is 48.6 Å². The zero-order chi connectivity index (χ0) is 13.7. The van der Waals surface area contributed by atoms with Crippen molar-refractivity contribution in [2.45, 2.75) is 6.42 Å². The molecule has 1 amide bonds. The second kappa shape index (κ2) is 6.81. The average Bonchev–Trinajstić information content (AvgIpc) is 2.42. The van der Waals surface area contributed by atoms with Crippen LogP contribution in [0.3, 0.4) is 0 Å². The standard InChI is InChI=1S/C12H15BrFN3O2/c13-9-7-10(14)12(16-8-9)15-2-1-11(18)17-3-5-19-6-4-17/h7-8H,1-6H2,(H,15,16). The molecule has 0 saturated carbocycles. The minimum atomic E-state index is -0.437. The van der Waals surface area contributed by atoms with Crippen LogP contribution in [0.5, 0.6) is 0 Å². The van der Waals surface area contributed by atoms with Gasteiger partial charge in [0.1, 0.15) is 0 Å². The number of pyridine rings is 1. The van der Waals surface area contributed by atoms with E-state index in [2.05, 4.69) is 26.2 Å². The molecule has 0 bridgehead atoms. The second-order valence-corrected chi connectivity index (χ2v) is 5.07. The van der Waals surface area contributed by atoms with Gasteiger partial charge < -0.3 is 15.0 Å². The molecular formula is C12H15BrFN3O2. The van der Waals surface area contributed by atoms with Crippen LogP contribution < -0.4 is 5.32 Å². The summed E-state index contributed by atoms with van der Waals surface area (Å²) < 4.78 is 19.2. The van der Waals surface area contributed by atoms with E-state index in [4.69, 9.17) is 4.74 Å². The number of nitrogens with one attached hydrogen (secondary N) is 1. The van der Waals surface area contributed by atoms with Crippen LogP contribution in [0.4, 0.5) is 10.2 Å². The Balaban J connectivity index is 1.78. The Hall–Kier alpha value is -1.21. The highest BCUT2D eigenvalue weighted by atomic mass is 79.9. The maximum Gasteiger partial charge on any atom is 0.224 e. The zero-order valence-corrected chi connectivity index (χ0v) is 12.0. The van der Waals surface area contributed by atoms with Gasteiger partial charge in [-0.3, -0.25) is 4.79 Å². The van der Waals surface area contributed by atoms with E-state index in [0.717, 1.165) is 0 Å². The lowest BCUT2D eigenvalue weighted by atomic mass is 10.3. The van der Waals surface area contributed by atoms with E-state index in [1.165, 1.54) is 12.3 Å². The number of carbonyl (C=O) groups is 1. The largest absolute Gasteiger partial charge is 0.378 e. The number of carbonyl (C=O) groups excluding carboxylic acids is 1. The summed E-state index contributed by atoms with van der Waals surface area (Å²) in [7, 11) is 0. The third kappa shape index (κ3) is 4.14. The first-order valence-electron chi connectivity index (χ1n) is 6.07. The molecule has 2 heterocycles. The van der Waals surface area contributed by atoms with E-state index in [0.29, 0.717) is 43.7 Å². The van der Waals surface area contributed by atoms with Gasteiger partial charge in [-0.2, -0.15) is 0 Å². The number of hydrogen-bond acceptors (Lipinski definition) is 4. The summed E-state index contributed by atoms with van der Waals surface area (Å²) in [6.45, 7) is 2.79. The van der Waals surface area contributed by atoms with E-state index in [1.54, 1.807) is 4.90 Å². The van der Waals surface area contributed by atoms with Crippen molar-refractivity contribution in [2.75, 3.05) is 38.2 Å². The van der Waals surface area contributed by atoms with E-state index in [-0.39, 0.29) is 11.7 Å². The van der Waals surface area contributed by atoms with Crippen LogP contribution in [0.15, 0.2) is 16.7 Å². The fraction of sp³-hybridized carbons (Fsp3) is 0.500. The Labute approximate surface area is 119 Å². The molecule has 7 heteroatoms. The number of rotatable bonds is 4. The van der Waals surface area contributed by atoms with Crippen molar-refractivity contribution >= 4 is 27.7 Å². The fourth-order valence-corrected chi connectivity index (χ4v) is 2.11. The Morgan fingerprint density at radius 3 is 2.95 bits per heavy atom. The third-order valence-corrected chi connectivity index (χ3v) is 3.24. The second-order valence-electron chi connectivity index (χ2n) is 4.15. The first-order valence-corrected chi connectivity index (χ1v) is 6.86. The number of hydrogen-bond donors (Lipinski definition) is 1. The molecule has 0 aliphatic carbocycles. The number of nitrogens with zero attached hydrogens (tertiary/aromatic N) is 2. The van der Waals surface area contributed by atoms with E-state index in [1.807, 2.05) is 0 Å². The molecule has 1 aliphatic rings. The number of halogens is 2. The normalized spacial score (nSPS) is 15.4. The van der Waals surface area contributed by atoms with Crippen LogP contribution in [0.1, 0.15) is 6.42 Å². The third-order valence-electron chi connectivity index (χ3n) is 2.80. The topological polar surface area (TPSA) is 54.5 Å². The molecule has 0 radical (unpaired) electrons. The quantitative estimate of drug-likeness (QED) is 0.911. The van der Waals surface area contributed by atoms with Gasteiger partial charge in [-0.15, -0.1) is 0 Å². The monoisotopic (exact) mass is 331 g/mol. The van der Waals surface area contributed by atoms with Gasteiger partial charge in [-0.1, -0.05) is 0 Å². The van der Waals surface area contributed by atoms with Crippen LogP contribution in [0.25, 0.3) is 0 Å². The summed E-state index contributed by atoms with van der Waals surface area (Å²) in [5.74, 6) is -0.223. The van der Waals surface area contributed by atoms with E-state index >= 15 is 0 Å². The molecule has 0 atom stereocenters.